The number of hydrogen-bond acceptors (Lipinski definition) is 6. The quantitative estimate of drug-likeness (QED) is 0.452. The Morgan fingerprint density at radius 3 is 2.56 bits per heavy atom. The molecule has 1 fully saturated rings. The van der Waals surface area contributed by atoms with Crippen molar-refractivity contribution >= 4 is 34.7 Å². The van der Waals surface area contributed by atoms with Crippen LogP contribution in [0.4, 0.5) is 11.5 Å². The predicted molar refractivity (Wildman–Crippen MR) is 133 cm³/mol. The van der Waals surface area contributed by atoms with Crippen LogP contribution in [0.5, 0.6) is 5.75 Å². The number of hydrogen-bond donors (Lipinski definition) is 1. The number of nitrogens with zero attached hydrogens (tertiary/aromatic N) is 5. The van der Waals surface area contributed by atoms with E-state index in [1.807, 2.05) is 61.5 Å². The number of anilines is 2. The summed E-state index contributed by atoms with van der Waals surface area (Å²) < 4.78 is 7.14. The molecule has 3 heterocycles. The van der Waals surface area contributed by atoms with Gasteiger partial charge < -0.3 is 15.0 Å². The molecule has 174 valence electrons. The Morgan fingerprint density at radius 2 is 1.82 bits per heavy atom. The van der Waals surface area contributed by atoms with Gasteiger partial charge >= 0.3 is 0 Å². The number of piperidine rings is 1. The zero-order chi connectivity index (χ0) is 23.7. The molecule has 5 rings (SSSR count). The molecular formula is C25H25ClN6O2. The lowest BCUT2D eigenvalue weighted by molar-refractivity contribution is -0.120. The molecule has 34 heavy (non-hydrogen) atoms. The van der Waals surface area contributed by atoms with E-state index in [1.54, 1.807) is 11.6 Å². The highest BCUT2D eigenvalue weighted by molar-refractivity contribution is 6.30. The number of halogens is 1. The van der Waals surface area contributed by atoms with Crippen LogP contribution in [0.25, 0.3) is 17.0 Å². The average Bonchev–Trinajstić information content (AvgIpc) is 3.28. The molecule has 1 saturated heterocycles. The summed E-state index contributed by atoms with van der Waals surface area (Å²) in [7, 11) is 1.61. The fraction of sp³-hybridized carbons (Fsp3) is 0.280. The Labute approximate surface area is 202 Å². The van der Waals surface area contributed by atoms with Gasteiger partial charge in [0.05, 0.1) is 12.8 Å². The van der Waals surface area contributed by atoms with E-state index in [2.05, 4.69) is 20.4 Å². The van der Waals surface area contributed by atoms with Gasteiger partial charge in [0.1, 0.15) is 11.6 Å². The SMILES string of the molecule is COc1ccc(C)cc1NC(=O)C1CCN(c2ccc3nnc(-c4ccc(Cl)cc4)n3n2)CC1. The minimum absolute atomic E-state index is 0.0239. The van der Waals surface area contributed by atoms with Crippen LogP contribution in [0.2, 0.25) is 5.02 Å². The van der Waals surface area contributed by atoms with E-state index in [0.717, 1.165) is 42.9 Å². The van der Waals surface area contributed by atoms with Gasteiger partial charge in [-0.1, -0.05) is 17.7 Å². The molecule has 4 aromatic rings. The van der Waals surface area contributed by atoms with Gasteiger partial charge in [0.2, 0.25) is 5.91 Å². The van der Waals surface area contributed by atoms with Gasteiger partial charge in [0.15, 0.2) is 11.5 Å². The van der Waals surface area contributed by atoms with E-state index in [1.165, 1.54) is 0 Å². The van der Waals surface area contributed by atoms with Crippen molar-refractivity contribution in [3.05, 3.63) is 65.2 Å². The summed E-state index contributed by atoms with van der Waals surface area (Å²) >= 11 is 6.02. The molecule has 0 aliphatic carbocycles. The van der Waals surface area contributed by atoms with E-state index in [0.29, 0.717) is 27.9 Å². The number of amides is 1. The first-order valence-electron chi connectivity index (χ1n) is 11.2. The van der Waals surface area contributed by atoms with Crippen molar-refractivity contribution in [2.24, 2.45) is 5.92 Å². The number of benzene rings is 2. The second-order valence-corrected chi connectivity index (χ2v) is 8.88. The monoisotopic (exact) mass is 476 g/mol. The van der Waals surface area contributed by atoms with Gasteiger partial charge in [-0.25, -0.2) is 0 Å². The molecule has 0 bridgehead atoms. The van der Waals surface area contributed by atoms with Crippen LogP contribution >= 0.6 is 11.6 Å². The van der Waals surface area contributed by atoms with Crippen LogP contribution < -0.4 is 15.0 Å². The molecule has 1 aliphatic rings. The van der Waals surface area contributed by atoms with Crippen molar-refractivity contribution in [1.29, 1.82) is 0 Å². The van der Waals surface area contributed by atoms with E-state index in [9.17, 15) is 4.79 Å². The first-order chi connectivity index (χ1) is 16.5. The summed E-state index contributed by atoms with van der Waals surface area (Å²) in [6.45, 7) is 3.46. The predicted octanol–water partition coefficient (Wildman–Crippen LogP) is 4.62. The van der Waals surface area contributed by atoms with Crippen molar-refractivity contribution in [1.82, 2.24) is 19.8 Å². The molecule has 0 saturated carbocycles. The molecular weight excluding hydrogens is 452 g/mol. The Morgan fingerprint density at radius 1 is 1.06 bits per heavy atom. The number of carbonyl (C=O) groups excluding carboxylic acids is 1. The van der Waals surface area contributed by atoms with Crippen LogP contribution in [0, 0.1) is 12.8 Å². The third kappa shape index (κ3) is 4.41. The maximum absolute atomic E-state index is 12.9. The Hall–Kier alpha value is -3.65. The zero-order valence-corrected chi connectivity index (χ0v) is 19.8. The minimum Gasteiger partial charge on any atom is -0.495 e. The van der Waals surface area contributed by atoms with Crippen LogP contribution in [0.15, 0.2) is 54.6 Å². The molecule has 1 amide bonds. The van der Waals surface area contributed by atoms with E-state index in [4.69, 9.17) is 21.4 Å². The number of methoxy groups -OCH3 is 1. The topological polar surface area (TPSA) is 84.6 Å². The summed E-state index contributed by atoms with van der Waals surface area (Å²) in [5, 5.41) is 17.0. The lowest BCUT2D eigenvalue weighted by Gasteiger charge is -2.32. The van der Waals surface area contributed by atoms with Gasteiger partial charge in [-0.05, 0) is 73.9 Å². The van der Waals surface area contributed by atoms with Crippen LogP contribution in [0.3, 0.4) is 0 Å². The largest absolute Gasteiger partial charge is 0.495 e. The molecule has 0 spiro atoms. The Kier molecular flexibility index (Phi) is 6.06. The van der Waals surface area contributed by atoms with Gasteiger partial charge in [0, 0.05) is 29.6 Å². The number of rotatable bonds is 5. The van der Waals surface area contributed by atoms with Crippen LogP contribution in [-0.4, -0.2) is 45.9 Å². The standard InChI is InChI=1S/C25H25ClN6O2/c1-16-3-8-21(34-2)20(15-16)27-25(33)18-11-13-31(14-12-18)23-10-9-22-28-29-24(32(22)30-23)17-4-6-19(26)7-5-17/h3-10,15,18H,11-14H2,1-2H3,(H,27,33). The van der Waals surface area contributed by atoms with Crippen molar-refractivity contribution in [3.8, 4) is 17.1 Å². The number of carbonyl (C=O) groups is 1. The summed E-state index contributed by atoms with van der Waals surface area (Å²) in [6, 6.07) is 17.1. The fourth-order valence-corrected chi connectivity index (χ4v) is 4.38. The lowest BCUT2D eigenvalue weighted by Crippen LogP contribution is -2.38. The molecule has 0 atom stereocenters. The fourth-order valence-electron chi connectivity index (χ4n) is 4.25. The Balaban J connectivity index is 1.28. The van der Waals surface area contributed by atoms with Crippen molar-refractivity contribution < 1.29 is 9.53 Å². The maximum Gasteiger partial charge on any atom is 0.227 e. The molecule has 2 aromatic heterocycles. The molecule has 0 unspecified atom stereocenters. The van der Waals surface area contributed by atoms with Crippen LogP contribution in [-0.2, 0) is 4.79 Å². The normalized spacial score (nSPS) is 14.4. The Bertz CT molecular complexity index is 1330. The van der Waals surface area contributed by atoms with Gasteiger partial charge in [-0.2, -0.15) is 4.52 Å². The minimum atomic E-state index is -0.0651. The smallest absolute Gasteiger partial charge is 0.227 e. The highest BCUT2D eigenvalue weighted by atomic mass is 35.5. The molecule has 1 aliphatic heterocycles. The lowest BCUT2D eigenvalue weighted by atomic mass is 9.95. The van der Waals surface area contributed by atoms with Gasteiger partial charge in [-0.15, -0.1) is 15.3 Å². The molecule has 1 N–H and O–H groups in total. The second kappa shape index (κ2) is 9.30. The molecule has 8 nitrogen and oxygen atoms in total. The zero-order valence-electron chi connectivity index (χ0n) is 19.0. The number of nitrogens with one attached hydrogen (secondary N) is 1. The highest BCUT2D eigenvalue weighted by Gasteiger charge is 2.27. The third-order valence-corrected chi connectivity index (χ3v) is 6.41. The maximum atomic E-state index is 12.9. The van der Waals surface area contributed by atoms with Crippen LogP contribution in [0.1, 0.15) is 18.4 Å². The molecule has 2 aromatic carbocycles. The number of aromatic nitrogens is 4. The van der Waals surface area contributed by atoms with Crippen molar-refractivity contribution in [2.45, 2.75) is 19.8 Å². The highest BCUT2D eigenvalue weighted by Crippen LogP contribution is 2.28. The van der Waals surface area contributed by atoms with Gasteiger partial charge in [0.25, 0.3) is 0 Å². The van der Waals surface area contributed by atoms with E-state index < -0.39 is 0 Å². The second-order valence-electron chi connectivity index (χ2n) is 8.45. The number of fused-ring (bicyclic) bond motifs is 1. The van der Waals surface area contributed by atoms with E-state index in [-0.39, 0.29) is 11.8 Å². The van der Waals surface area contributed by atoms with Crippen molar-refractivity contribution in [3.63, 3.8) is 0 Å². The van der Waals surface area contributed by atoms with Gasteiger partial charge in [-0.3, -0.25) is 4.79 Å². The summed E-state index contributed by atoms with van der Waals surface area (Å²) in [6.07, 6.45) is 1.48. The average molecular weight is 477 g/mol. The molecule has 0 radical (unpaired) electrons. The summed E-state index contributed by atoms with van der Waals surface area (Å²) in [5.41, 5.74) is 3.35. The first-order valence-corrected chi connectivity index (χ1v) is 11.6. The molecule has 9 heteroatoms. The third-order valence-electron chi connectivity index (χ3n) is 6.15. The summed E-state index contributed by atoms with van der Waals surface area (Å²) in [4.78, 5) is 15.1. The number of aryl methyl sites for hydroxylation is 1. The van der Waals surface area contributed by atoms with E-state index >= 15 is 0 Å². The number of ether oxygens (including phenoxy) is 1. The summed E-state index contributed by atoms with van der Waals surface area (Å²) in [5.74, 6) is 2.12. The first kappa shape index (κ1) is 22.2. The van der Waals surface area contributed by atoms with Crippen molar-refractivity contribution in [2.75, 3.05) is 30.4 Å².